The van der Waals surface area contributed by atoms with E-state index in [0.29, 0.717) is 26.1 Å². The number of esters is 2. The fraction of sp³-hybridized carbons (Fsp3) is 0.959. The van der Waals surface area contributed by atoms with Gasteiger partial charge in [0.15, 0.2) is 6.10 Å². The molecule has 0 saturated carbocycles. The van der Waals surface area contributed by atoms with Gasteiger partial charge in [-0.2, -0.15) is 0 Å². The fourth-order valence-electron chi connectivity index (χ4n) is 7.05. The normalized spacial score (nSPS) is 12.6. The van der Waals surface area contributed by atoms with Crippen LogP contribution in [0.25, 0.3) is 0 Å². The van der Waals surface area contributed by atoms with Gasteiger partial charge in [-0.3, -0.25) is 9.59 Å². The highest BCUT2D eigenvalue weighted by atomic mass is 16.6. The molecule has 0 amide bonds. The van der Waals surface area contributed by atoms with Gasteiger partial charge in [0.2, 0.25) is 0 Å². The summed E-state index contributed by atoms with van der Waals surface area (Å²) in [5.41, 5.74) is -0.959. The fourth-order valence-corrected chi connectivity index (χ4v) is 7.05. The molecule has 0 saturated heterocycles. The van der Waals surface area contributed by atoms with Crippen molar-refractivity contribution in [3.8, 4) is 0 Å². The Balaban J connectivity index is 4.42. The molecule has 7 heteroatoms. The van der Waals surface area contributed by atoms with E-state index < -0.39 is 11.7 Å². The van der Waals surface area contributed by atoms with Crippen LogP contribution in [0.2, 0.25) is 0 Å². The third kappa shape index (κ3) is 39.6. The van der Waals surface area contributed by atoms with Gasteiger partial charge in [0.05, 0.1) is 24.4 Å². The van der Waals surface area contributed by atoms with Crippen LogP contribution in [0, 0.1) is 0 Å². The van der Waals surface area contributed by atoms with Crippen LogP contribution in [0.4, 0.5) is 0 Å². The second kappa shape index (κ2) is 39.3. The summed E-state index contributed by atoms with van der Waals surface area (Å²) < 4.78 is 29.1. The van der Waals surface area contributed by atoms with Gasteiger partial charge in [-0.25, -0.2) is 0 Å². The summed E-state index contributed by atoms with van der Waals surface area (Å²) in [7, 11) is 1.69. The third-order valence-electron chi connectivity index (χ3n) is 11.1. The number of unbranched alkanes of at least 4 members (excludes halogenated alkanes) is 28. The van der Waals surface area contributed by atoms with E-state index in [9.17, 15) is 9.59 Å². The third-order valence-corrected chi connectivity index (χ3v) is 11.1. The Bertz CT molecular complexity index is 857. The molecular formula is C49H96O7. The molecule has 0 aliphatic rings. The minimum atomic E-state index is -0.648. The van der Waals surface area contributed by atoms with Crippen molar-refractivity contribution in [3.05, 3.63) is 0 Å². The van der Waals surface area contributed by atoms with E-state index >= 15 is 0 Å². The molecule has 0 aliphatic heterocycles. The number of carbonyl (C=O) groups is 2. The van der Waals surface area contributed by atoms with Crippen molar-refractivity contribution in [2.75, 3.05) is 33.5 Å². The maximum Gasteiger partial charge on any atom is 0.306 e. The average Bonchev–Trinajstić information content (AvgIpc) is 3.17. The number of carbonyl (C=O) groups excluding carboxylic acids is 2. The van der Waals surface area contributed by atoms with Crippen LogP contribution in [0.1, 0.15) is 253 Å². The van der Waals surface area contributed by atoms with Crippen molar-refractivity contribution < 1.29 is 33.3 Å². The van der Waals surface area contributed by atoms with Crippen LogP contribution in [0.3, 0.4) is 0 Å². The Hall–Kier alpha value is -1.18. The maximum atomic E-state index is 12.9. The number of rotatable bonds is 44. The number of ether oxygens (including phenoxy) is 5. The maximum absolute atomic E-state index is 12.9. The summed E-state index contributed by atoms with van der Waals surface area (Å²) in [4.78, 5) is 25.6. The highest BCUT2D eigenvalue weighted by molar-refractivity contribution is 5.70. The van der Waals surface area contributed by atoms with Gasteiger partial charge in [0.25, 0.3) is 0 Å². The highest BCUT2D eigenvalue weighted by Gasteiger charge is 2.28. The molecule has 0 aromatic rings. The first kappa shape index (κ1) is 54.8. The Labute approximate surface area is 348 Å². The van der Waals surface area contributed by atoms with Gasteiger partial charge in [-0.05, 0) is 47.0 Å². The molecule has 334 valence electrons. The molecule has 0 N–H and O–H groups in total. The first-order valence-electron chi connectivity index (χ1n) is 24.2. The van der Waals surface area contributed by atoms with Gasteiger partial charge in [-0.15, -0.1) is 0 Å². The van der Waals surface area contributed by atoms with Crippen molar-refractivity contribution in [2.45, 2.75) is 271 Å². The topological polar surface area (TPSA) is 80.3 Å². The Morgan fingerprint density at radius 3 is 1.18 bits per heavy atom. The van der Waals surface area contributed by atoms with Gasteiger partial charge in [-0.1, -0.05) is 194 Å². The van der Waals surface area contributed by atoms with E-state index in [1.807, 2.05) is 27.7 Å². The van der Waals surface area contributed by atoms with E-state index in [-0.39, 0.29) is 30.8 Å². The monoisotopic (exact) mass is 797 g/mol. The van der Waals surface area contributed by atoms with E-state index in [1.165, 1.54) is 154 Å². The van der Waals surface area contributed by atoms with E-state index in [2.05, 4.69) is 13.8 Å². The summed E-state index contributed by atoms with van der Waals surface area (Å²) in [5.74, 6) is -0.479. The molecule has 7 nitrogen and oxygen atoms in total. The molecule has 0 aromatic heterocycles. The quantitative estimate of drug-likeness (QED) is 0.0449. The molecule has 0 fully saturated rings. The SMILES string of the molecule is CCCCCCCCCCCCCCCCCC(=O)OCC(COC(C)(C)COC(C)(C)CCOC)OC(=O)CCCCCCCCCCCCCCCCC. The minimum Gasteiger partial charge on any atom is -0.462 e. The van der Waals surface area contributed by atoms with Crippen LogP contribution in [0.5, 0.6) is 0 Å². The summed E-state index contributed by atoms with van der Waals surface area (Å²) in [5, 5.41) is 0. The van der Waals surface area contributed by atoms with Crippen molar-refractivity contribution in [1.82, 2.24) is 0 Å². The zero-order chi connectivity index (χ0) is 41.4. The van der Waals surface area contributed by atoms with Crippen molar-refractivity contribution in [2.24, 2.45) is 0 Å². The smallest absolute Gasteiger partial charge is 0.306 e. The predicted molar refractivity (Wildman–Crippen MR) is 236 cm³/mol. The Kier molecular flexibility index (Phi) is 38.5. The van der Waals surface area contributed by atoms with E-state index in [4.69, 9.17) is 23.7 Å². The summed E-state index contributed by atoms with van der Waals surface area (Å²) in [6.07, 6.45) is 39.5. The molecule has 1 unspecified atom stereocenters. The van der Waals surface area contributed by atoms with Gasteiger partial charge >= 0.3 is 11.9 Å². The van der Waals surface area contributed by atoms with Crippen LogP contribution in [-0.2, 0) is 33.3 Å². The molecule has 0 radical (unpaired) electrons. The lowest BCUT2D eigenvalue weighted by Crippen LogP contribution is -2.40. The first-order valence-corrected chi connectivity index (χ1v) is 24.2. The van der Waals surface area contributed by atoms with E-state index in [0.717, 1.165) is 44.9 Å². The number of hydrogen-bond acceptors (Lipinski definition) is 7. The number of methoxy groups -OCH3 is 1. The largest absolute Gasteiger partial charge is 0.462 e. The second-order valence-corrected chi connectivity index (χ2v) is 18.1. The average molecular weight is 797 g/mol. The summed E-state index contributed by atoms with van der Waals surface area (Å²) in [6.45, 7) is 13.7. The van der Waals surface area contributed by atoms with Crippen molar-refractivity contribution >= 4 is 11.9 Å². The standard InChI is InChI=1S/C49H96O7/c1-8-10-12-14-16-18-20-22-24-26-28-30-32-34-36-38-46(50)53-42-45(43-54-49(5,6)44-55-48(3,4)40-41-52-7)56-47(51)39-37-35-33-31-29-27-25-23-21-19-17-15-13-11-9-2/h45H,8-44H2,1-7H3. The molecular weight excluding hydrogens is 701 g/mol. The van der Waals surface area contributed by atoms with Crippen molar-refractivity contribution in [1.29, 1.82) is 0 Å². The highest BCUT2D eigenvalue weighted by Crippen LogP contribution is 2.21. The van der Waals surface area contributed by atoms with Crippen LogP contribution < -0.4 is 0 Å². The summed E-state index contributed by atoms with van der Waals surface area (Å²) >= 11 is 0. The molecule has 0 heterocycles. The number of hydrogen-bond donors (Lipinski definition) is 0. The molecule has 0 spiro atoms. The Morgan fingerprint density at radius 2 is 0.804 bits per heavy atom. The lowest BCUT2D eigenvalue weighted by molar-refractivity contribution is -0.173. The zero-order valence-electron chi connectivity index (χ0n) is 38.6. The molecule has 0 rings (SSSR count). The molecule has 0 aromatic carbocycles. The molecule has 56 heavy (non-hydrogen) atoms. The first-order chi connectivity index (χ1) is 27.0. The van der Waals surface area contributed by atoms with E-state index in [1.54, 1.807) is 7.11 Å². The lowest BCUT2D eigenvalue weighted by atomic mass is 10.0. The second-order valence-electron chi connectivity index (χ2n) is 18.1. The molecule has 1 atom stereocenters. The van der Waals surface area contributed by atoms with Crippen LogP contribution in [-0.4, -0.2) is 62.8 Å². The van der Waals surface area contributed by atoms with Crippen LogP contribution in [0.15, 0.2) is 0 Å². The minimum absolute atomic E-state index is 0.0123. The van der Waals surface area contributed by atoms with Crippen molar-refractivity contribution in [3.63, 3.8) is 0 Å². The molecule has 0 aliphatic carbocycles. The van der Waals surface area contributed by atoms with Gasteiger partial charge in [0.1, 0.15) is 6.61 Å². The summed E-state index contributed by atoms with van der Waals surface area (Å²) in [6, 6.07) is 0. The lowest BCUT2D eigenvalue weighted by Gasteiger charge is -2.33. The van der Waals surface area contributed by atoms with Crippen LogP contribution >= 0.6 is 0 Å². The zero-order valence-corrected chi connectivity index (χ0v) is 38.6. The van der Waals surface area contributed by atoms with Gasteiger partial charge < -0.3 is 23.7 Å². The molecule has 0 bridgehead atoms. The predicted octanol–water partition coefficient (Wildman–Crippen LogP) is 14.6. The Morgan fingerprint density at radius 1 is 0.446 bits per heavy atom. The van der Waals surface area contributed by atoms with Gasteiger partial charge in [0, 0.05) is 26.6 Å².